The van der Waals surface area contributed by atoms with Crippen molar-refractivity contribution in [2.75, 3.05) is 20.1 Å². The van der Waals surface area contributed by atoms with E-state index in [4.69, 9.17) is 11.6 Å². The topological polar surface area (TPSA) is 101 Å². The second-order valence-electron chi connectivity index (χ2n) is 3.73. The molecule has 19 heavy (non-hydrogen) atoms. The molecule has 0 atom stereocenters. The van der Waals surface area contributed by atoms with Crippen LogP contribution in [0.4, 0.5) is 5.69 Å². The van der Waals surface area contributed by atoms with Gasteiger partial charge in [0.25, 0.3) is 5.69 Å². The van der Waals surface area contributed by atoms with Gasteiger partial charge in [0, 0.05) is 18.7 Å². The van der Waals surface area contributed by atoms with Gasteiger partial charge in [-0.3, -0.25) is 10.1 Å². The monoisotopic (exact) mass is 307 g/mol. The molecular weight excluding hydrogens is 294 g/mol. The lowest BCUT2D eigenvalue weighted by molar-refractivity contribution is -0.384. The minimum absolute atomic E-state index is 0.163. The quantitative estimate of drug-likeness (QED) is 0.447. The number of non-ortho nitro benzene ring substituents is 1. The Bertz CT molecular complexity index is 562. The molecule has 9 heteroatoms. The van der Waals surface area contributed by atoms with Crippen molar-refractivity contribution in [3.05, 3.63) is 33.3 Å². The van der Waals surface area contributed by atoms with Gasteiger partial charge < -0.3 is 5.32 Å². The third-order valence-electron chi connectivity index (χ3n) is 2.31. The number of nitrogens with one attached hydrogen (secondary N) is 2. The second kappa shape index (κ2) is 6.80. The maximum atomic E-state index is 11.9. The summed E-state index contributed by atoms with van der Waals surface area (Å²) in [6.45, 7) is 0.938. The molecule has 0 saturated heterocycles. The van der Waals surface area contributed by atoms with Gasteiger partial charge in [0.05, 0.1) is 9.95 Å². The highest BCUT2D eigenvalue weighted by molar-refractivity contribution is 7.89. The van der Waals surface area contributed by atoms with Gasteiger partial charge in [-0.25, -0.2) is 13.1 Å². The van der Waals surface area contributed by atoms with E-state index in [1.807, 2.05) is 0 Å². The van der Waals surface area contributed by atoms with Crippen LogP contribution < -0.4 is 10.0 Å². The molecule has 0 amide bonds. The van der Waals surface area contributed by atoms with Crippen LogP contribution in [0, 0.1) is 10.1 Å². The van der Waals surface area contributed by atoms with E-state index < -0.39 is 14.9 Å². The molecule has 0 unspecified atom stereocenters. The molecule has 0 aliphatic heterocycles. The maximum absolute atomic E-state index is 11.9. The van der Waals surface area contributed by atoms with E-state index in [0.717, 1.165) is 18.2 Å². The summed E-state index contributed by atoms with van der Waals surface area (Å²) in [5.74, 6) is 0. The Hall–Kier alpha value is -1.22. The third-order valence-corrected chi connectivity index (χ3v) is 4.26. The molecule has 0 fully saturated rings. The fourth-order valence-electron chi connectivity index (χ4n) is 1.37. The predicted molar refractivity (Wildman–Crippen MR) is 71.8 cm³/mol. The highest BCUT2D eigenvalue weighted by Gasteiger charge is 2.19. The Morgan fingerprint density at radius 1 is 1.37 bits per heavy atom. The van der Waals surface area contributed by atoms with Crippen molar-refractivity contribution in [3.8, 4) is 0 Å². The maximum Gasteiger partial charge on any atom is 0.271 e. The van der Waals surface area contributed by atoms with Gasteiger partial charge in [0.15, 0.2) is 0 Å². The Morgan fingerprint density at radius 2 is 2.05 bits per heavy atom. The smallest absolute Gasteiger partial charge is 0.271 e. The normalized spacial score (nSPS) is 11.5. The molecule has 106 valence electrons. The van der Waals surface area contributed by atoms with Gasteiger partial charge >= 0.3 is 0 Å². The lowest BCUT2D eigenvalue weighted by Gasteiger charge is -2.08. The third kappa shape index (κ3) is 4.43. The molecule has 0 aliphatic rings. The summed E-state index contributed by atoms with van der Waals surface area (Å²) in [5.41, 5.74) is -0.251. The van der Waals surface area contributed by atoms with Crippen molar-refractivity contribution in [1.29, 1.82) is 0 Å². The second-order valence-corrected chi connectivity index (χ2v) is 5.87. The summed E-state index contributed by atoms with van der Waals surface area (Å²) < 4.78 is 26.2. The summed E-state index contributed by atoms with van der Waals surface area (Å²) in [7, 11) is -1.98. The van der Waals surface area contributed by atoms with Crippen LogP contribution in [0.15, 0.2) is 23.1 Å². The van der Waals surface area contributed by atoms with Crippen LogP contribution in [0.1, 0.15) is 6.42 Å². The first-order chi connectivity index (χ1) is 8.88. The van der Waals surface area contributed by atoms with Gasteiger partial charge in [-0.2, -0.15) is 0 Å². The van der Waals surface area contributed by atoms with E-state index >= 15 is 0 Å². The van der Waals surface area contributed by atoms with Crippen LogP contribution in [0.5, 0.6) is 0 Å². The molecule has 1 rings (SSSR count). The molecule has 1 aromatic carbocycles. The van der Waals surface area contributed by atoms with Crippen LogP contribution in [-0.2, 0) is 10.0 Å². The first kappa shape index (κ1) is 15.8. The van der Waals surface area contributed by atoms with Crippen LogP contribution in [0.3, 0.4) is 0 Å². The fraction of sp³-hybridized carbons (Fsp3) is 0.400. The van der Waals surface area contributed by atoms with Crippen LogP contribution >= 0.6 is 11.6 Å². The number of halogens is 1. The molecular formula is C10H14ClN3O4S. The zero-order valence-electron chi connectivity index (χ0n) is 10.2. The summed E-state index contributed by atoms with van der Waals surface area (Å²) in [4.78, 5) is 9.73. The molecule has 1 aromatic rings. The predicted octanol–water partition coefficient (Wildman–Crippen LogP) is 1.14. The summed E-state index contributed by atoms with van der Waals surface area (Å²) in [6, 6.07) is 3.25. The first-order valence-electron chi connectivity index (χ1n) is 5.46. The van der Waals surface area contributed by atoms with Gasteiger partial charge in [-0.05, 0) is 26.1 Å². The van der Waals surface area contributed by atoms with Crippen molar-refractivity contribution in [2.24, 2.45) is 0 Å². The molecule has 0 aliphatic carbocycles. The number of sulfonamides is 1. The number of hydrogen-bond acceptors (Lipinski definition) is 5. The van der Waals surface area contributed by atoms with Gasteiger partial charge in [-0.15, -0.1) is 0 Å². The van der Waals surface area contributed by atoms with E-state index in [9.17, 15) is 18.5 Å². The largest absolute Gasteiger partial charge is 0.320 e. The Labute approximate surface area is 116 Å². The zero-order chi connectivity index (χ0) is 14.5. The number of hydrogen-bond donors (Lipinski definition) is 2. The molecule has 0 bridgehead atoms. The Balaban J connectivity index is 2.87. The highest BCUT2D eigenvalue weighted by atomic mass is 35.5. The Kier molecular flexibility index (Phi) is 5.67. The molecule has 2 N–H and O–H groups in total. The van der Waals surface area contributed by atoms with Crippen molar-refractivity contribution < 1.29 is 13.3 Å². The number of rotatable bonds is 7. The number of nitrogens with zero attached hydrogens (tertiary/aromatic N) is 1. The van der Waals surface area contributed by atoms with Crippen LogP contribution in [0.2, 0.25) is 5.02 Å². The molecule has 0 spiro atoms. The summed E-state index contributed by atoms with van der Waals surface area (Å²) in [5, 5.41) is 13.3. The van der Waals surface area contributed by atoms with Gasteiger partial charge in [-0.1, -0.05) is 11.6 Å². The van der Waals surface area contributed by atoms with Crippen molar-refractivity contribution in [2.45, 2.75) is 11.3 Å². The van der Waals surface area contributed by atoms with Crippen LogP contribution in [-0.4, -0.2) is 33.5 Å². The Morgan fingerprint density at radius 3 is 2.58 bits per heavy atom. The van der Waals surface area contributed by atoms with Gasteiger partial charge in [0.1, 0.15) is 4.90 Å². The van der Waals surface area contributed by atoms with E-state index in [1.165, 1.54) is 0 Å². The van der Waals surface area contributed by atoms with E-state index in [1.54, 1.807) is 7.05 Å². The van der Waals surface area contributed by atoms with Crippen molar-refractivity contribution >= 4 is 27.3 Å². The van der Waals surface area contributed by atoms with E-state index in [2.05, 4.69) is 10.0 Å². The van der Waals surface area contributed by atoms with E-state index in [-0.39, 0.29) is 22.2 Å². The first-order valence-corrected chi connectivity index (χ1v) is 7.33. The number of nitro benzene ring substituents is 1. The molecule has 0 radical (unpaired) electrons. The SMILES string of the molecule is CNCCCNS(=O)(=O)c1ccc([N+](=O)[O-])cc1Cl. The molecule has 0 heterocycles. The summed E-state index contributed by atoms with van der Waals surface area (Å²) >= 11 is 5.76. The summed E-state index contributed by atoms with van der Waals surface area (Å²) in [6.07, 6.45) is 0.625. The van der Waals surface area contributed by atoms with Crippen molar-refractivity contribution in [1.82, 2.24) is 10.0 Å². The number of benzene rings is 1. The molecule has 0 aromatic heterocycles. The van der Waals surface area contributed by atoms with Gasteiger partial charge in [0.2, 0.25) is 10.0 Å². The molecule has 0 saturated carbocycles. The van der Waals surface area contributed by atoms with Crippen molar-refractivity contribution in [3.63, 3.8) is 0 Å². The highest BCUT2D eigenvalue weighted by Crippen LogP contribution is 2.25. The zero-order valence-corrected chi connectivity index (χ0v) is 11.8. The lowest BCUT2D eigenvalue weighted by Crippen LogP contribution is -2.27. The average Bonchev–Trinajstić information content (AvgIpc) is 2.34. The minimum Gasteiger partial charge on any atom is -0.320 e. The van der Waals surface area contributed by atoms with E-state index in [0.29, 0.717) is 13.0 Å². The minimum atomic E-state index is -3.75. The lowest BCUT2D eigenvalue weighted by atomic mass is 10.3. The standard InChI is InChI=1S/C10H14ClN3O4S/c1-12-5-2-6-13-19(17,18)10-4-3-8(14(15)16)7-9(10)11/h3-4,7,12-13H,2,5-6H2,1H3. The fourth-order valence-corrected chi connectivity index (χ4v) is 2.98. The average molecular weight is 308 g/mol. The van der Waals surface area contributed by atoms with Crippen LogP contribution in [0.25, 0.3) is 0 Å². The number of nitro groups is 1. The molecule has 7 nitrogen and oxygen atoms in total.